The van der Waals surface area contributed by atoms with E-state index >= 15 is 0 Å². The molecule has 0 atom stereocenters. The number of aromatic nitrogens is 1. The van der Waals surface area contributed by atoms with Gasteiger partial charge >= 0.3 is 0 Å². The summed E-state index contributed by atoms with van der Waals surface area (Å²) in [4.78, 5) is 0. The topological polar surface area (TPSA) is 4.93 Å². The number of hydrogen-bond donors (Lipinski definition) is 0. The fourth-order valence-corrected chi connectivity index (χ4v) is 6.93. The molecule has 1 aliphatic carbocycles. The summed E-state index contributed by atoms with van der Waals surface area (Å²) in [6.07, 6.45) is 0. The first-order valence-corrected chi connectivity index (χ1v) is 13.8. The highest BCUT2D eigenvalue weighted by molar-refractivity contribution is 6.13. The molecule has 0 saturated carbocycles. The Kier molecular flexibility index (Phi) is 4.56. The van der Waals surface area contributed by atoms with Crippen LogP contribution in [0.4, 0.5) is 0 Å². The van der Waals surface area contributed by atoms with Gasteiger partial charge in [-0.15, -0.1) is 0 Å². The number of hydrogen-bond acceptors (Lipinski definition) is 0. The van der Waals surface area contributed by atoms with Crippen LogP contribution in [0, 0.1) is 6.92 Å². The van der Waals surface area contributed by atoms with E-state index in [1.807, 2.05) is 0 Å². The van der Waals surface area contributed by atoms with E-state index in [1.165, 1.54) is 77.2 Å². The summed E-state index contributed by atoms with van der Waals surface area (Å²) in [6.45, 7) is 6.96. The van der Waals surface area contributed by atoms with Crippen LogP contribution >= 0.6 is 0 Å². The molecule has 0 unspecified atom stereocenters. The van der Waals surface area contributed by atoms with Crippen LogP contribution in [0.3, 0.4) is 0 Å². The highest BCUT2D eigenvalue weighted by Gasteiger charge is 2.37. The summed E-state index contributed by atoms with van der Waals surface area (Å²) >= 11 is 0. The van der Waals surface area contributed by atoms with Gasteiger partial charge in [-0.25, -0.2) is 0 Å². The van der Waals surface area contributed by atoms with Crippen molar-refractivity contribution in [2.45, 2.75) is 26.2 Å². The molecular weight excluding hydrogens is 470 g/mol. The van der Waals surface area contributed by atoms with E-state index in [4.69, 9.17) is 0 Å². The summed E-state index contributed by atoms with van der Waals surface area (Å²) < 4.78 is 2.39. The van der Waals surface area contributed by atoms with Crippen molar-refractivity contribution in [3.63, 3.8) is 0 Å². The van der Waals surface area contributed by atoms with Crippen LogP contribution in [-0.2, 0) is 5.41 Å². The van der Waals surface area contributed by atoms with Crippen LogP contribution < -0.4 is 0 Å². The molecular formula is C38H29N. The van der Waals surface area contributed by atoms with Crippen molar-refractivity contribution in [3.8, 4) is 27.9 Å². The fraction of sp³-hybridized carbons (Fsp3) is 0.105. The van der Waals surface area contributed by atoms with E-state index in [0.29, 0.717) is 0 Å². The zero-order valence-electron chi connectivity index (χ0n) is 22.5. The quantitative estimate of drug-likeness (QED) is 0.223. The minimum absolute atomic E-state index is 0.0527. The van der Waals surface area contributed by atoms with Crippen molar-refractivity contribution >= 4 is 32.6 Å². The van der Waals surface area contributed by atoms with Crippen LogP contribution in [0.1, 0.15) is 30.5 Å². The normalized spacial score (nSPS) is 13.7. The number of rotatable bonds is 2. The summed E-state index contributed by atoms with van der Waals surface area (Å²) in [7, 11) is 0. The number of para-hydroxylation sites is 2. The zero-order chi connectivity index (χ0) is 26.3. The van der Waals surface area contributed by atoms with Crippen molar-refractivity contribution in [1.82, 2.24) is 4.57 Å². The van der Waals surface area contributed by atoms with Gasteiger partial charge < -0.3 is 4.57 Å². The Balaban J connectivity index is 1.43. The zero-order valence-corrected chi connectivity index (χ0v) is 22.5. The van der Waals surface area contributed by atoms with E-state index in [-0.39, 0.29) is 5.41 Å². The SMILES string of the molecule is Cc1ccc2c(c1)C(C)(C)c1cc(-c3ccc4c(c3)c3ccccc3n4-c3ccccc3)c3ccccc3c1-2. The van der Waals surface area contributed by atoms with Crippen LogP contribution in [0.5, 0.6) is 0 Å². The van der Waals surface area contributed by atoms with Crippen molar-refractivity contribution < 1.29 is 0 Å². The van der Waals surface area contributed by atoms with Crippen molar-refractivity contribution in [2.75, 3.05) is 0 Å². The minimum Gasteiger partial charge on any atom is -0.309 e. The monoisotopic (exact) mass is 499 g/mol. The van der Waals surface area contributed by atoms with Gasteiger partial charge in [-0.3, -0.25) is 0 Å². The van der Waals surface area contributed by atoms with Gasteiger partial charge in [0.05, 0.1) is 11.0 Å². The average Bonchev–Trinajstić information content (AvgIpc) is 3.41. The van der Waals surface area contributed by atoms with E-state index in [0.717, 1.165) is 0 Å². The Morgan fingerprint density at radius 1 is 0.513 bits per heavy atom. The van der Waals surface area contributed by atoms with Crippen LogP contribution in [0.15, 0.2) is 121 Å². The first-order chi connectivity index (χ1) is 19.0. The number of nitrogens with zero attached hydrogens (tertiary/aromatic N) is 1. The maximum absolute atomic E-state index is 2.48. The van der Waals surface area contributed by atoms with Crippen molar-refractivity contribution in [3.05, 3.63) is 138 Å². The highest BCUT2D eigenvalue weighted by Crippen LogP contribution is 2.53. The molecule has 186 valence electrons. The summed E-state index contributed by atoms with van der Waals surface area (Å²) in [5.41, 5.74) is 13.1. The predicted molar refractivity (Wildman–Crippen MR) is 166 cm³/mol. The summed E-state index contributed by atoms with van der Waals surface area (Å²) in [5, 5.41) is 5.22. The Bertz CT molecular complexity index is 2090. The van der Waals surface area contributed by atoms with Gasteiger partial charge in [0.2, 0.25) is 0 Å². The second kappa shape index (κ2) is 7.94. The van der Waals surface area contributed by atoms with E-state index in [2.05, 4.69) is 147 Å². The van der Waals surface area contributed by atoms with Gasteiger partial charge in [0.1, 0.15) is 0 Å². The lowest BCUT2D eigenvalue weighted by molar-refractivity contribution is 0.660. The van der Waals surface area contributed by atoms with Crippen LogP contribution in [-0.4, -0.2) is 4.57 Å². The third-order valence-corrected chi connectivity index (χ3v) is 8.83. The molecule has 8 rings (SSSR count). The second-order valence-electron chi connectivity index (χ2n) is 11.5. The fourth-order valence-electron chi connectivity index (χ4n) is 6.93. The molecule has 1 aromatic heterocycles. The molecule has 0 fully saturated rings. The molecule has 0 radical (unpaired) electrons. The molecule has 1 heterocycles. The molecule has 6 aromatic carbocycles. The Hall–Kier alpha value is -4.62. The number of benzene rings is 6. The molecule has 1 aliphatic rings. The highest BCUT2D eigenvalue weighted by atomic mass is 15.0. The molecule has 7 aromatic rings. The van der Waals surface area contributed by atoms with Crippen molar-refractivity contribution in [1.29, 1.82) is 0 Å². The van der Waals surface area contributed by atoms with E-state index < -0.39 is 0 Å². The van der Waals surface area contributed by atoms with E-state index in [9.17, 15) is 0 Å². The van der Waals surface area contributed by atoms with Gasteiger partial charge in [-0.1, -0.05) is 104 Å². The van der Waals surface area contributed by atoms with Gasteiger partial charge in [-0.05, 0) is 87.5 Å². The molecule has 1 heteroatoms. The maximum atomic E-state index is 2.48. The lowest BCUT2D eigenvalue weighted by Crippen LogP contribution is -2.15. The lowest BCUT2D eigenvalue weighted by Gasteiger charge is -2.23. The lowest BCUT2D eigenvalue weighted by atomic mass is 9.80. The minimum atomic E-state index is -0.0527. The molecule has 0 bridgehead atoms. The van der Waals surface area contributed by atoms with E-state index in [1.54, 1.807) is 0 Å². The van der Waals surface area contributed by atoms with Crippen LogP contribution in [0.2, 0.25) is 0 Å². The third kappa shape index (κ3) is 3.08. The van der Waals surface area contributed by atoms with Gasteiger partial charge in [0, 0.05) is 21.9 Å². The molecule has 0 spiro atoms. The molecule has 0 N–H and O–H groups in total. The summed E-state index contributed by atoms with van der Waals surface area (Å²) in [5.74, 6) is 0. The van der Waals surface area contributed by atoms with Crippen LogP contribution in [0.25, 0.3) is 60.5 Å². The van der Waals surface area contributed by atoms with Crippen molar-refractivity contribution in [2.24, 2.45) is 0 Å². The smallest absolute Gasteiger partial charge is 0.0541 e. The van der Waals surface area contributed by atoms with Gasteiger partial charge in [0.25, 0.3) is 0 Å². The Morgan fingerprint density at radius 3 is 2.03 bits per heavy atom. The third-order valence-electron chi connectivity index (χ3n) is 8.83. The average molecular weight is 500 g/mol. The standard InChI is InChI=1S/C38H29N/c1-24-17-19-30-33(21-24)38(2,3)34-23-31(27-13-7-8-15-29(27)37(30)34)25-18-20-36-32(22-25)28-14-9-10-16-35(28)39(36)26-11-5-4-6-12-26/h4-23H,1-3H3. The van der Waals surface area contributed by atoms with Gasteiger partial charge in [-0.2, -0.15) is 0 Å². The number of fused-ring (bicyclic) bond motifs is 8. The van der Waals surface area contributed by atoms with Gasteiger partial charge in [0.15, 0.2) is 0 Å². The Morgan fingerprint density at radius 2 is 1.21 bits per heavy atom. The first-order valence-electron chi connectivity index (χ1n) is 13.8. The second-order valence-corrected chi connectivity index (χ2v) is 11.5. The largest absolute Gasteiger partial charge is 0.309 e. The Labute approximate surface area is 229 Å². The molecule has 1 nitrogen and oxygen atoms in total. The first kappa shape index (κ1) is 22.4. The predicted octanol–water partition coefficient (Wildman–Crippen LogP) is 10.2. The number of aryl methyl sites for hydroxylation is 1. The molecule has 0 amide bonds. The maximum Gasteiger partial charge on any atom is 0.0541 e. The molecule has 39 heavy (non-hydrogen) atoms. The molecule has 0 saturated heterocycles. The summed E-state index contributed by atoms with van der Waals surface area (Å²) in [6, 6.07) is 44.9. The molecule has 0 aliphatic heterocycles.